The van der Waals surface area contributed by atoms with Gasteiger partial charge in [0, 0.05) is 18.0 Å². The highest BCUT2D eigenvalue weighted by Crippen LogP contribution is 2.31. The first kappa shape index (κ1) is 17.8. The van der Waals surface area contributed by atoms with Crippen molar-refractivity contribution in [2.24, 2.45) is 0 Å². The number of pyridine rings is 1. The van der Waals surface area contributed by atoms with E-state index in [9.17, 15) is 4.79 Å². The molecule has 28 heavy (non-hydrogen) atoms. The summed E-state index contributed by atoms with van der Waals surface area (Å²) in [5.74, 6) is 1.94. The predicted octanol–water partition coefficient (Wildman–Crippen LogP) is 4.33. The molecular weight excluding hydrogens is 354 g/mol. The molecular formula is C23H19NO4. The zero-order valence-electron chi connectivity index (χ0n) is 15.4. The molecule has 0 spiro atoms. The molecule has 140 valence electrons. The van der Waals surface area contributed by atoms with E-state index in [1.807, 2.05) is 42.5 Å². The lowest BCUT2D eigenvalue weighted by molar-refractivity contribution is 0.100. The van der Waals surface area contributed by atoms with Crippen LogP contribution in [0.1, 0.15) is 21.5 Å². The Bertz CT molecular complexity index is 1010. The summed E-state index contributed by atoms with van der Waals surface area (Å²) in [5.41, 5.74) is 3.09. The normalized spacial score (nSPS) is 14.3. The minimum absolute atomic E-state index is 0.0434. The third-order valence-corrected chi connectivity index (χ3v) is 4.48. The van der Waals surface area contributed by atoms with Crippen LogP contribution in [0.3, 0.4) is 0 Å². The molecule has 5 heteroatoms. The Kier molecular flexibility index (Phi) is 5.06. The van der Waals surface area contributed by atoms with Gasteiger partial charge in [-0.15, -0.1) is 0 Å². The van der Waals surface area contributed by atoms with Gasteiger partial charge in [0.05, 0.1) is 12.7 Å². The predicted molar refractivity (Wildman–Crippen MR) is 106 cm³/mol. The van der Waals surface area contributed by atoms with Gasteiger partial charge in [-0.3, -0.25) is 9.78 Å². The van der Waals surface area contributed by atoms with Crippen molar-refractivity contribution in [2.75, 3.05) is 13.7 Å². The van der Waals surface area contributed by atoms with E-state index in [0.29, 0.717) is 29.2 Å². The molecule has 2 aromatic carbocycles. The van der Waals surface area contributed by atoms with Gasteiger partial charge in [-0.05, 0) is 59.7 Å². The van der Waals surface area contributed by atoms with E-state index in [-0.39, 0.29) is 12.4 Å². The fraction of sp³-hybridized carbons (Fsp3) is 0.130. The first-order valence-electron chi connectivity index (χ1n) is 8.91. The first-order valence-corrected chi connectivity index (χ1v) is 8.91. The van der Waals surface area contributed by atoms with Crippen molar-refractivity contribution in [3.8, 4) is 17.2 Å². The van der Waals surface area contributed by atoms with Crippen LogP contribution in [-0.2, 0) is 6.61 Å². The highest BCUT2D eigenvalue weighted by molar-refractivity contribution is 6.14. The summed E-state index contributed by atoms with van der Waals surface area (Å²) in [5, 5.41) is 0. The van der Waals surface area contributed by atoms with Gasteiger partial charge in [0.25, 0.3) is 0 Å². The minimum Gasteiger partial charge on any atom is -0.497 e. The number of hydrogen-bond donors (Lipinski definition) is 0. The third-order valence-electron chi connectivity index (χ3n) is 4.48. The number of carbonyl (C=O) groups excluding carboxylic acids is 1. The number of fused-ring (bicyclic) bond motifs is 1. The molecule has 0 atom stereocenters. The Balaban J connectivity index is 1.47. The maximum absolute atomic E-state index is 12.8. The number of aromatic nitrogens is 1. The van der Waals surface area contributed by atoms with Crippen LogP contribution in [0.25, 0.3) is 6.08 Å². The fourth-order valence-electron chi connectivity index (χ4n) is 2.95. The lowest BCUT2D eigenvalue weighted by atomic mass is 9.98. The molecule has 5 nitrogen and oxygen atoms in total. The van der Waals surface area contributed by atoms with Crippen molar-refractivity contribution < 1.29 is 19.0 Å². The standard InChI is InChI=1S/C23H19NO4/c1-26-20-6-7-22-21(13-20)23(25)18(15-28-22)12-16-2-4-19(5-3-16)27-14-17-8-10-24-11-9-17/h2-13H,14-15H2,1H3/b18-12+. The summed E-state index contributed by atoms with van der Waals surface area (Å²) in [6.45, 7) is 0.729. The molecule has 0 saturated carbocycles. The SMILES string of the molecule is COc1ccc2c(c1)C(=O)/C(=C/c1ccc(OCc3ccncc3)cc1)CO2. The number of hydrogen-bond acceptors (Lipinski definition) is 5. The van der Waals surface area contributed by atoms with Crippen LogP contribution >= 0.6 is 0 Å². The molecule has 1 aliphatic heterocycles. The third kappa shape index (κ3) is 3.88. The molecule has 0 saturated heterocycles. The monoisotopic (exact) mass is 373 g/mol. The second-order valence-corrected chi connectivity index (χ2v) is 6.36. The van der Waals surface area contributed by atoms with Crippen LogP contribution in [0.4, 0.5) is 0 Å². The topological polar surface area (TPSA) is 57.7 Å². The summed E-state index contributed by atoms with van der Waals surface area (Å²) < 4.78 is 16.7. The van der Waals surface area contributed by atoms with Gasteiger partial charge in [0.15, 0.2) is 5.78 Å². The smallest absolute Gasteiger partial charge is 0.196 e. The lowest BCUT2D eigenvalue weighted by Gasteiger charge is -2.19. The van der Waals surface area contributed by atoms with Crippen molar-refractivity contribution in [3.63, 3.8) is 0 Å². The minimum atomic E-state index is -0.0434. The Morgan fingerprint density at radius 2 is 1.79 bits per heavy atom. The first-order chi connectivity index (χ1) is 13.7. The van der Waals surface area contributed by atoms with Crippen LogP contribution in [0.2, 0.25) is 0 Å². The average molecular weight is 373 g/mol. The molecule has 0 N–H and O–H groups in total. The van der Waals surface area contributed by atoms with Gasteiger partial charge in [-0.2, -0.15) is 0 Å². The Morgan fingerprint density at radius 1 is 1.04 bits per heavy atom. The molecule has 0 radical (unpaired) electrons. The molecule has 2 heterocycles. The second kappa shape index (κ2) is 7.96. The van der Waals surface area contributed by atoms with Gasteiger partial charge >= 0.3 is 0 Å². The number of carbonyl (C=O) groups is 1. The van der Waals surface area contributed by atoms with Crippen LogP contribution in [0.5, 0.6) is 17.2 Å². The quantitative estimate of drug-likeness (QED) is 0.623. The Labute approximate surface area is 163 Å². The van der Waals surface area contributed by atoms with Gasteiger partial charge in [-0.1, -0.05) is 12.1 Å². The van der Waals surface area contributed by atoms with E-state index in [1.165, 1.54) is 0 Å². The van der Waals surface area contributed by atoms with Crippen LogP contribution < -0.4 is 14.2 Å². The van der Waals surface area contributed by atoms with E-state index in [2.05, 4.69) is 4.98 Å². The Morgan fingerprint density at radius 3 is 2.54 bits per heavy atom. The summed E-state index contributed by atoms with van der Waals surface area (Å²) in [4.78, 5) is 16.8. The maximum atomic E-state index is 12.8. The van der Waals surface area contributed by atoms with Crippen LogP contribution in [-0.4, -0.2) is 24.5 Å². The van der Waals surface area contributed by atoms with E-state index in [1.54, 1.807) is 37.7 Å². The molecule has 1 aromatic heterocycles. The summed E-state index contributed by atoms with van der Waals surface area (Å²) in [7, 11) is 1.57. The molecule has 0 amide bonds. The lowest BCUT2D eigenvalue weighted by Crippen LogP contribution is -2.19. The zero-order chi connectivity index (χ0) is 19.3. The molecule has 0 aliphatic carbocycles. The molecule has 0 bridgehead atoms. The summed E-state index contributed by atoms with van der Waals surface area (Å²) in [6, 6.07) is 16.7. The van der Waals surface area contributed by atoms with Gasteiger partial charge in [0.1, 0.15) is 30.5 Å². The zero-order valence-corrected chi connectivity index (χ0v) is 15.4. The van der Waals surface area contributed by atoms with Crippen molar-refractivity contribution >= 4 is 11.9 Å². The summed E-state index contributed by atoms with van der Waals surface area (Å²) >= 11 is 0. The molecule has 4 rings (SSSR count). The average Bonchev–Trinajstić information content (AvgIpc) is 2.76. The molecule has 0 fully saturated rings. The molecule has 1 aliphatic rings. The number of nitrogens with zero attached hydrogens (tertiary/aromatic N) is 1. The number of rotatable bonds is 5. The van der Waals surface area contributed by atoms with Crippen LogP contribution in [0.15, 0.2) is 72.6 Å². The van der Waals surface area contributed by atoms with Gasteiger partial charge in [0.2, 0.25) is 0 Å². The van der Waals surface area contributed by atoms with Crippen molar-refractivity contribution in [1.82, 2.24) is 4.98 Å². The number of Topliss-reactive ketones (excluding diaryl/α,β-unsaturated/α-hetero) is 1. The maximum Gasteiger partial charge on any atom is 0.196 e. The fourth-order valence-corrected chi connectivity index (χ4v) is 2.95. The largest absolute Gasteiger partial charge is 0.497 e. The van der Waals surface area contributed by atoms with E-state index in [4.69, 9.17) is 14.2 Å². The number of ketones is 1. The van der Waals surface area contributed by atoms with Crippen molar-refractivity contribution in [3.05, 3.63) is 89.3 Å². The highest BCUT2D eigenvalue weighted by Gasteiger charge is 2.23. The van der Waals surface area contributed by atoms with Gasteiger partial charge in [-0.25, -0.2) is 0 Å². The Hall–Kier alpha value is -3.60. The van der Waals surface area contributed by atoms with Crippen molar-refractivity contribution in [2.45, 2.75) is 6.61 Å². The van der Waals surface area contributed by atoms with Gasteiger partial charge < -0.3 is 14.2 Å². The molecule has 3 aromatic rings. The van der Waals surface area contributed by atoms with Crippen LogP contribution in [0, 0.1) is 0 Å². The van der Waals surface area contributed by atoms with E-state index >= 15 is 0 Å². The van der Waals surface area contributed by atoms with E-state index in [0.717, 1.165) is 16.9 Å². The summed E-state index contributed by atoms with van der Waals surface area (Å²) in [6.07, 6.45) is 5.33. The van der Waals surface area contributed by atoms with E-state index < -0.39 is 0 Å². The molecule has 0 unspecified atom stereocenters. The number of benzene rings is 2. The number of methoxy groups -OCH3 is 1. The van der Waals surface area contributed by atoms with Crippen molar-refractivity contribution in [1.29, 1.82) is 0 Å². The number of ether oxygens (including phenoxy) is 3. The second-order valence-electron chi connectivity index (χ2n) is 6.36. The highest BCUT2D eigenvalue weighted by atomic mass is 16.5.